The SMILES string of the molecule is Cc1ccc(=O)oc1CC(=O)O. The first kappa shape index (κ1) is 8.52. The largest absolute Gasteiger partial charge is 0.481 e. The third-order valence-corrected chi connectivity index (χ3v) is 1.44. The van der Waals surface area contributed by atoms with Crippen molar-refractivity contribution in [3.63, 3.8) is 0 Å². The first-order chi connectivity index (χ1) is 5.59. The van der Waals surface area contributed by atoms with Crippen molar-refractivity contribution in [2.24, 2.45) is 0 Å². The molecule has 0 aliphatic rings. The van der Waals surface area contributed by atoms with Gasteiger partial charge in [0.05, 0.1) is 0 Å². The molecular weight excluding hydrogens is 160 g/mol. The summed E-state index contributed by atoms with van der Waals surface area (Å²) in [6, 6.07) is 2.81. The van der Waals surface area contributed by atoms with Crippen LogP contribution in [0.25, 0.3) is 0 Å². The lowest BCUT2D eigenvalue weighted by atomic mass is 10.2. The van der Waals surface area contributed by atoms with Crippen LogP contribution in [-0.4, -0.2) is 11.1 Å². The predicted molar refractivity (Wildman–Crippen MR) is 41.1 cm³/mol. The highest BCUT2D eigenvalue weighted by Gasteiger charge is 2.06. The molecule has 0 unspecified atom stereocenters. The van der Waals surface area contributed by atoms with Gasteiger partial charge in [0.25, 0.3) is 0 Å². The molecule has 4 nitrogen and oxygen atoms in total. The second-order valence-corrected chi connectivity index (χ2v) is 2.43. The van der Waals surface area contributed by atoms with E-state index in [9.17, 15) is 9.59 Å². The zero-order valence-electron chi connectivity index (χ0n) is 6.53. The topological polar surface area (TPSA) is 67.5 Å². The molecule has 0 saturated carbocycles. The van der Waals surface area contributed by atoms with E-state index in [0.29, 0.717) is 5.56 Å². The summed E-state index contributed by atoms with van der Waals surface area (Å²) in [6.07, 6.45) is -0.248. The maximum Gasteiger partial charge on any atom is 0.335 e. The van der Waals surface area contributed by atoms with Crippen molar-refractivity contribution in [1.29, 1.82) is 0 Å². The first-order valence-electron chi connectivity index (χ1n) is 3.41. The van der Waals surface area contributed by atoms with E-state index in [1.165, 1.54) is 6.07 Å². The van der Waals surface area contributed by atoms with Gasteiger partial charge in [-0.2, -0.15) is 0 Å². The van der Waals surface area contributed by atoms with Crippen LogP contribution in [0.15, 0.2) is 21.3 Å². The summed E-state index contributed by atoms with van der Waals surface area (Å²) in [7, 11) is 0. The average Bonchev–Trinajstić information content (AvgIpc) is 1.96. The van der Waals surface area contributed by atoms with Crippen molar-refractivity contribution >= 4 is 5.97 Å². The van der Waals surface area contributed by atoms with E-state index in [2.05, 4.69) is 4.42 Å². The third kappa shape index (κ3) is 1.95. The van der Waals surface area contributed by atoms with Crippen molar-refractivity contribution in [3.05, 3.63) is 33.9 Å². The molecule has 0 bridgehead atoms. The Labute approximate surface area is 68.4 Å². The number of aryl methyl sites for hydroxylation is 1. The van der Waals surface area contributed by atoms with Gasteiger partial charge in [-0.15, -0.1) is 0 Å². The molecule has 4 heteroatoms. The number of aliphatic carboxylic acids is 1. The molecule has 0 amide bonds. The predicted octanol–water partition coefficient (Wildman–Crippen LogP) is 0.575. The van der Waals surface area contributed by atoms with Crippen molar-refractivity contribution in [2.75, 3.05) is 0 Å². The number of carboxylic acids is 1. The quantitative estimate of drug-likeness (QED) is 0.701. The Kier molecular flexibility index (Phi) is 2.28. The van der Waals surface area contributed by atoms with E-state index in [1.54, 1.807) is 13.0 Å². The first-order valence-corrected chi connectivity index (χ1v) is 3.41. The van der Waals surface area contributed by atoms with Crippen LogP contribution in [0.5, 0.6) is 0 Å². The van der Waals surface area contributed by atoms with E-state index in [0.717, 1.165) is 0 Å². The van der Waals surface area contributed by atoms with Crippen molar-refractivity contribution in [3.8, 4) is 0 Å². The maximum absolute atomic E-state index is 10.7. The fourth-order valence-corrected chi connectivity index (χ4v) is 0.835. The molecule has 0 aliphatic carbocycles. The molecule has 0 radical (unpaired) electrons. The Balaban J connectivity index is 3.05. The smallest absolute Gasteiger partial charge is 0.335 e. The fraction of sp³-hybridized carbons (Fsp3) is 0.250. The van der Waals surface area contributed by atoms with Crippen LogP contribution in [0.2, 0.25) is 0 Å². The summed E-state index contributed by atoms with van der Waals surface area (Å²) in [5, 5.41) is 8.42. The Morgan fingerprint density at radius 2 is 2.25 bits per heavy atom. The van der Waals surface area contributed by atoms with Crippen molar-refractivity contribution < 1.29 is 14.3 Å². The maximum atomic E-state index is 10.7. The molecule has 0 fully saturated rings. The summed E-state index contributed by atoms with van der Waals surface area (Å²) >= 11 is 0. The normalized spacial score (nSPS) is 9.75. The van der Waals surface area contributed by atoms with E-state index in [-0.39, 0.29) is 12.2 Å². The molecule has 0 saturated heterocycles. The molecule has 1 aromatic heterocycles. The second kappa shape index (κ2) is 3.21. The van der Waals surface area contributed by atoms with E-state index in [4.69, 9.17) is 5.11 Å². The van der Waals surface area contributed by atoms with E-state index < -0.39 is 11.6 Å². The summed E-state index contributed by atoms with van der Waals surface area (Å²) in [5.74, 6) is -0.789. The zero-order chi connectivity index (χ0) is 9.14. The van der Waals surface area contributed by atoms with Crippen LogP contribution in [0.1, 0.15) is 11.3 Å². The summed E-state index contributed by atoms with van der Waals surface area (Å²) < 4.78 is 4.68. The highest BCUT2D eigenvalue weighted by molar-refractivity contribution is 5.69. The van der Waals surface area contributed by atoms with E-state index in [1.807, 2.05) is 0 Å². The summed E-state index contributed by atoms with van der Waals surface area (Å²) in [4.78, 5) is 20.9. The summed E-state index contributed by atoms with van der Waals surface area (Å²) in [5.41, 5.74) is 0.161. The molecule has 0 spiro atoms. The van der Waals surface area contributed by atoms with Crippen LogP contribution in [0.3, 0.4) is 0 Å². The highest BCUT2D eigenvalue weighted by Crippen LogP contribution is 2.04. The van der Waals surface area contributed by atoms with Crippen LogP contribution < -0.4 is 5.63 Å². The van der Waals surface area contributed by atoms with Crippen molar-refractivity contribution in [2.45, 2.75) is 13.3 Å². The number of carbonyl (C=O) groups is 1. The summed E-state index contributed by atoms with van der Waals surface area (Å²) in [6.45, 7) is 1.70. The fourth-order valence-electron chi connectivity index (χ4n) is 0.835. The number of hydrogen-bond acceptors (Lipinski definition) is 3. The monoisotopic (exact) mass is 168 g/mol. The number of hydrogen-bond donors (Lipinski definition) is 1. The Morgan fingerprint density at radius 1 is 1.58 bits per heavy atom. The Bertz CT molecular complexity index is 350. The molecule has 12 heavy (non-hydrogen) atoms. The molecule has 1 rings (SSSR count). The van der Waals surface area contributed by atoms with Gasteiger partial charge in [-0.25, -0.2) is 4.79 Å². The van der Waals surface area contributed by atoms with Gasteiger partial charge >= 0.3 is 11.6 Å². The van der Waals surface area contributed by atoms with Crippen LogP contribution in [0.4, 0.5) is 0 Å². The van der Waals surface area contributed by atoms with Gasteiger partial charge < -0.3 is 9.52 Å². The highest BCUT2D eigenvalue weighted by atomic mass is 16.4. The van der Waals surface area contributed by atoms with E-state index >= 15 is 0 Å². The van der Waals surface area contributed by atoms with Crippen LogP contribution in [0, 0.1) is 6.92 Å². The molecule has 0 atom stereocenters. The number of carboxylic acid groups (broad SMARTS) is 1. The lowest BCUT2D eigenvalue weighted by Gasteiger charge is -1.98. The lowest BCUT2D eigenvalue weighted by molar-refractivity contribution is -0.136. The molecule has 0 aliphatic heterocycles. The van der Waals surface area contributed by atoms with Gasteiger partial charge in [0.1, 0.15) is 12.2 Å². The van der Waals surface area contributed by atoms with Gasteiger partial charge in [-0.3, -0.25) is 4.79 Å². The zero-order valence-corrected chi connectivity index (χ0v) is 6.53. The minimum atomic E-state index is -1.01. The Hall–Kier alpha value is -1.58. The Morgan fingerprint density at radius 3 is 2.83 bits per heavy atom. The second-order valence-electron chi connectivity index (χ2n) is 2.43. The minimum absolute atomic E-state index is 0.218. The standard InChI is InChI=1S/C8H8O4/c1-5-2-3-8(11)12-6(5)4-7(9)10/h2-3H,4H2,1H3,(H,9,10). The molecular formula is C8H8O4. The van der Waals surface area contributed by atoms with Gasteiger partial charge in [-0.05, 0) is 18.6 Å². The molecule has 1 N–H and O–H groups in total. The van der Waals surface area contributed by atoms with Gasteiger partial charge in [-0.1, -0.05) is 0 Å². The minimum Gasteiger partial charge on any atom is -0.481 e. The lowest BCUT2D eigenvalue weighted by Crippen LogP contribution is -2.06. The van der Waals surface area contributed by atoms with Crippen LogP contribution in [-0.2, 0) is 11.2 Å². The van der Waals surface area contributed by atoms with Crippen LogP contribution >= 0.6 is 0 Å². The van der Waals surface area contributed by atoms with Gasteiger partial charge in [0.15, 0.2) is 0 Å². The molecule has 1 aromatic rings. The van der Waals surface area contributed by atoms with Gasteiger partial charge in [0, 0.05) is 6.07 Å². The third-order valence-electron chi connectivity index (χ3n) is 1.44. The number of rotatable bonds is 2. The molecule has 0 aromatic carbocycles. The van der Waals surface area contributed by atoms with Crippen molar-refractivity contribution in [1.82, 2.24) is 0 Å². The molecule has 64 valence electrons. The molecule has 1 heterocycles. The van der Waals surface area contributed by atoms with Gasteiger partial charge in [0.2, 0.25) is 0 Å². The average molecular weight is 168 g/mol.